The number of nitrogens with one attached hydrogen (secondary N) is 3. The van der Waals surface area contributed by atoms with Crippen LogP contribution < -0.4 is 16.1 Å². The number of hydrogen-bond acceptors (Lipinski definition) is 7. The van der Waals surface area contributed by atoms with Gasteiger partial charge in [-0.15, -0.1) is 0 Å². The van der Waals surface area contributed by atoms with E-state index in [1.165, 1.54) is 6.08 Å². The van der Waals surface area contributed by atoms with Gasteiger partial charge in [-0.1, -0.05) is 23.8 Å². The monoisotopic (exact) mass is 575 g/mol. The number of carbonyl (C=O) groups excluding carboxylic acids is 3. The molecular weight excluding hydrogens is 546 g/mol. The number of aliphatic hydroxyl groups is 1. The topological polar surface area (TPSA) is 123 Å². The molecule has 2 amide bonds. The number of hydrazine groups is 1. The highest BCUT2D eigenvalue weighted by molar-refractivity contribution is 6.44. The number of hydrogen-bond donors (Lipinski definition) is 4. The van der Waals surface area contributed by atoms with Crippen LogP contribution in [0.15, 0.2) is 86.9 Å². The molecule has 9 nitrogen and oxygen atoms in total. The number of alkyl halides is 2. The quantitative estimate of drug-likeness (QED) is 0.201. The van der Waals surface area contributed by atoms with Gasteiger partial charge in [-0.3, -0.25) is 14.6 Å². The zero-order chi connectivity index (χ0) is 29.7. The molecule has 0 bridgehead atoms. The Morgan fingerprint density at radius 1 is 1.27 bits per heavy atom. The average molecular weight is 576 g/mol. The molecule has 0 spiro atoms. The van der Waals surface area contributed by atoms with Crippen LogP contribution in [0.25, 0.3) is 0 Å². The zero-order valence-corrected chi connectivity index (χ0v) is 22.1. The summed E-state index contributed by atoms with van der Waals surface area (Å²) in [4.78, 5) is 41.1. The van der Waals surface area contributed by atoms with E-state index in [0.29, 0.717) is 17.6 Å². The van der Waals surface area contributed by atoms with Crippen molar-refractivity contribution in [2.75, 3.05) is 13.1 Å². The Labute approximate surface area is 233 Å². The van der Waals surface area contributed by atoms with Crippen molar-refractivity contribution in [1.29, 1.82) is 0 Å². The predicted molar refractivity (Wildman–Crippen MR) is 142 cm³/mol. The van der Waals surface area contributed by atoms with Crippen LogP contribution in [0.1, 0.15) is 32.6 Å². The van der Waals surface area contributed by atoms with Gasteiger partial charge < -0.3 is 20.5 Å². The molecule has 0 radical (unpaired) electrons. The van der Waals surface area contributed by atoms with Crippen LogP contribution in [-0.2, 0) is 14.4 Å². The van der Waals surface area contributed by atoms with Gasteiger partial charge in [-0.25, -0.2) is 28.0 Å². The van der Waals surface area contributed by atoms with Gasteiger partial charge in [0.25, 0.3) is 18.2 Å². The summed E-state index contributed by atoms with van der Waals surface area (Å²) in [6.45, 7) is 1.26. The number of nitrogens with zero attached hydrogens (tertiary/aromatic N) is 2. The van der Waals surface area contributed by atoms with Crippen molar-refractivity contribution in [2.45, 2.75) is 51.2 Å². The van der Waals surface area contributed by atoms with E-state index in [0.717, 1.165) is 35.1 Å². The molecule has 2 heterocycles. The van der Waals surface area contributed by atoms with Crippen molar-refractivity contribution in [3.63, 3.8) is 0 Å². The minimum absolute atomic E-state index is 0.112. The fourth-order valence-electron chi connectivity index (χ4n) is 4.82. The summed E-state index contributed by atoms with van der Waals surface area (Å²) in [6, 6.07) is -0.773. The number of halogens is 4. The first-order valence-electron chi connectivity index (χ1n) is 12.9. The number of aliphatic hydroxyl groups excluding tert-OH is 1. The maximum atomic E-state index is 14.6. The molecule has 2 aliphatic carbocycles. The number of aliphatic imine (C=N–C) groups is 1. The Kier molecular flexibility index (Phi) is 9.50. The standard InChI is InChI=1S/C28H29F4N5O4/c1-2-17-9-15(6-4-8-38)11-23(39)24(17)36-28(41)22-12-21(35-26-20(30)14-34-37(22)26)27(40)33-13-16-5-3-7-19(29)18(10-16)25(31)32/h2-3,6-8,10,12,23-25,34,39H,4-5,9,11,13-14H2,1H3,(H,33,40)(H,36,41)/b15-6+,17-2+. The normalized spacial score (nSPS) is 24.8. The van der Waals surface area contributed by atoms with E-state index in [1.807, 2.05) is 0 Å². The number of amides is 2. The molecule has 0 saturated heterocycles. The maximum absolute atomic E-state index is 14.6. The van der Waals surface area contributed by atoms with Gasteiger partial charge in [0.15, 0.2) is 11.6 Å². The first kappa shape index (κ1) is 29.9. The van der Waals surface area contributed by atoms with Gasteiger partial charge >= 0.3 is 0 Å². The molecule has 1 saturated carbocycles. The lowest BCUT2D eigenvalue weighted by Gasteiger charge is -2.34. The Bertz CT molecular complexity index is 1370. The second-order valence-electron chi connectivity index (χ2n) is 9.65. The second-order valence-corrected chi connectivity index (χ2v) is 9.65. The van der Waals surface area contributed by atoms with E-state index in [1.54, 1.807) is 19.1 Å². The zero-order valence-electron chi connectivity index (χ0n) is 22.1. The smallest absolute Gasteiger partial charge is 0.270 e. The number of aldehydes is 1. The van der Waals surface area contributed by atoms with Crippen LogP contribution in [0.3, 0.4) is 0 Å². The van der Waals surface area contributed by atoms with Gasteiger partial charge in [-0.05, 0) is 49.5 Å². The Morgan fingerprint density at radius 2 is 2.05 bits per heavy atom. The highest BCUT2D eigenvalue weighted by Gasteiger charge is 2.37. The van der Waals surface area contributed by atoms with Crippen LogP contribution in [0.4, 0.5) is 17.6 Å². The molecule has 0 aromatic rings. The van der Waals surface area contributed by atoms with Crippen molar-refractivity contribution < 1.29 is 37.1 Å². The van der Waals surface area contributed by atoms with E-state index in [2.05, 4.69) is 21.1 Å². The van der Waals surface area contributed by atoms with Crippen LogP contribution in [0.2, 0.25) is 0 Å². The van der Waals surface area contributed by atoms with Gasteiger partial charge in [0.05, 0.1) is 24.3 Å². The fourth-order valence-corrected chi connectivity index (χ4v) is 4.82. The summed E-state index contributed by atoms with van der Waals surface area (Å²) in [5.74, 6) is -3.60. The lowest BCUT2D eigenvalue weighted by Crippen LogP contribution is -2.50. The number of fused-ring (bicyclic) bond motifs is 1. The maximum Gasteiger partial charge on any atom is 0.270 e. The van der Waals surface area contributed by atoms with Gasteiger partial charge in [0.2, 0.25) is 0 Å². The summed E-state index contributed by atoms with van der Waals surface area (Å²) >= 11 is 0. The third-order valence-corrected chi connectivity index (χ3v) is 6.89. The van der Waals surface area contributed by atoms with Crippen molar-refractivity contribution in [2.24, 2.45) is 4.99 Å². The lowest BCUT2D eigenvalue weighted by atomic mass is 9.83. The van der Waals surface area contributed by atoms with Crippen molar-refractivity contribution in [3.8, 4) is 0 Å². The molecule has 0 aromatic heterocycles. The third-order valence-electron chi connectivity index (χ3n) is 6.89. The predicted octanol–water partition coefficient (Wildman–Crippen LogP) is 2.88. The van der Waals surface area contributed by atoms with Crippen LogP contribution >= 0.6 is 0 Å². The molecule has 13 heteroatoms. The Balaban J connectivity index is 1.52. The highest BCUT2D eigenvalue weighted by Crippen LogP contribution is 2.31. The minimum atomic E-state index is -3.05. The summed E-state index contributed by atoms with van der Waals surface area (Å²) < 4.78 is 54.8. The molecule has 218 valence electrons. The highest BCUT2D eigenvalue weighted by atomic mass is 19.3. The van der Waals surface area contributed by atoms with E-state index in [9.17, 15) is 37.1 Å². The molecule has 2 atom stereocenters. The number of carbonyl (C=O) groups is 3. The summed E-state index contributed by atoms with van der Waals surface area (Å²) in [5.41, 5.74) is 3.30. The number of allylic oxidation sites excluding steroid dienone is 7. The lowest BCUT2D eigenvalue weighted by molar-refractivity contribution is -0.120. The fraction of sp³-hybridized carbons (Fsp3) is 0.357. The molecule has 4 N–H and O–H groups in total. The van der Waals surface area contributed by atoms with E-state index < -0.39 is 47.6 Å². The Hall–Kier alpha value is -4.10. The summed E-state index contributed by atoms with van der Waals surface area (Å²) in [7, 11) is 0. The van der Waals surface area contributed by atoms with E-state index >= 15 is 0 Å². The first-order valence-corrected chi connectivity index (χ1v) is 12.9. The molecule has 1 fully saturated rings. The van der Waals surface area contributed by atoms with E-state index in [4.69, 9.17) is 0 Å². The van der Waals surface area contributed by atoms with Crippen molar-refractivity contribution in [1.82, 2.24) is 21.1 Å². The molecular formula is C28H29F4N5O4. The first-order chi connectivity index (χ1) is 19.6. The molecule has 4 aliphatic rings. The van der Waals surface area contributed by atoms with Crippen LogP contribution in [0.5, 0.6) is 0 Å². The average Bonchev–Trinajstić information content (AvgIpc) is 3.21. The summed E-state index contributed by atoms with van der Waals surface area (Å²) in [5, 5.41) is 17.1. The van der Waals surface area contributed by atoms with Crippen LogP contribution in [0, 0.1) is 0 Å². The molecule has 2 unspecified atom stereocenters. The van der Waals surface area contributed by atoms with Gasteiger partial charge in [0.1, 0.15) is 23.5 Å². The largest absolute Gasteiger partial charge is 0.390 e. The minimum Gasteiger partial charge on any atom is -0.390 e. The summed E-state index contributed by atoms with van der Waals surface area (Å²) in [6.07, 6.45) is 5.63. The third kappa shape index (κ3) is 6.80. The molecule has 2 aliphatic heterocycles. The van der Waals surface area contributed by atoms with Crippen molar-refractivity contribution >= 4 is 23.8 Å². The number of rotatable bonds is 8. The van der Waals surface area contributed by atoms with Gasteiger partial charge in [-0.2, -0.15) is 0 Å². The molecule has 41 heavy (non-hydrogen) atoms. The SMILES string of the molecule is C/C=C1\C/C(=C\CC=O)CC(O)C1NC(=O)C1=CC(C(=O)NCC2=CC(C(F)F)=C(F)C=CC2)=NC2=C(F)CNN12. The van der Waals surface area contributed by atoms with Crippen LogP contribution in [-0.4, -0.2) is 65.6 Å². The van der Waals surface area contributed by atoms with Gasteiger partial charge in [0, 0.05) is 19.0 Å². The second kappa shape index (κ2) is 13.0. The Morgan fingerprint density at radius 3 is 2.76 bits per heavy atom. The van der Waals surface area contributed by atoms with E-state index in [-0.39, 0.29) is 49.6 Å². The molecule has 4 rings (SSSR count). The molecule has 0 aromatic carbocycles. The van der Waals surface area contributed by atoms with Crippen molar-refractivity contribution in [3.05, 3.63) is 81.9 Å².